The fraction of sp³-hybridized carbons (Fsp3) is 0.333. The van der Waals surface area contributed by atoms with E-state index in [1.807, 2.05) is 0 Å². The van der Waals surface area contributed by atoms with Crippen molar-refractivity contribution in [2.75, 3.05) is 0 Å². The lowest BCUT2D eigenvalue weighted by Gasteiger charge is -2.33. The van der Waals surface area contributed by atoms with Crippen LogP contribution in [-0.2, 0) is 9.59 Å². The Labute approximate surface area is 137 Å². The van der Waals surface area contributed by atoms with Crippen molar-refractivity contribution in [1.29, 1.82) is 0 Å². The van der Waals surface area contributed by atoms with E-state index in [1.165, 1.54) is 19.9 Å². The molecule has 118 valence electrons. The fourth-order valence-corrected chi connectivity index (χ4v) is 2.49. The Kier molecular flexibility index (Phi) is 4.40. The highest BCUT2D eigenvalue weighted by Gasteiger charge is 2.37. The van der Waals surface area contributed by atoms with Gasteiger partial charge in [0.05, 0.1) is 10.1 Å². The molecule has 0 radical (unpaired) electrons. The summed E-state index contributed by atoms with van der Waals surface area (Å²) >= 11 is 12.5. The summed E-state index contributed by atoms with van der Waals surface area (Å²) in [7, 11) is 0. The van der Waals surface area contributed by atoms with Crippen molar-refractivity contribution < 1.29 is 23.8 Å². The summed E-state index contributed by atoms with van der Waals surface area (Å²) in [5.41, 5.74) is -0.451. The number of hydrogen-bond acceptors (Lipinski definition) is 5. The zero-order valence-electron chi connectivity index (χ0n) is 12.5. The van der Waals surface area contributed by atoms with Crippen molar-refractivity contribution in [1.82, 2.24) is 0 Å². The molecule has 1 aromatic carbocycles. The molecule has 7 heteroatoms. The number of hydrogen-bond donors (Lipinski definition) is 0. The molecule has 0 saturated carbocycles. The maximum Gasteiger partial charge on any atom is 0.308 e. The summed E-state index contributed by atoms with van der Waals surface area (Å²) in [4.78, 5) is 22.6. The minimum absolute atomic E-state index is 0.00408. The summed E-state index contributed by atoms with van der Waals surface area (Å²) in [5, 5.41) is 0.617. The first-order chi connectivity index (χ1) is 10.1. The summed E-state index contributed by atoms with van der Waals surface area (Å²) in [6.45, 7) is 5.91. The zero-order chi connectivity index (χ0) is 16.7. The van der Waals surface area contributed by atoms with Crippen molar-refractivity contribution in [3.8, 4) is 17.2 Å². The van der Waals surface area contributed by atoms with Crippen molar-refractivity contribution in [3.05, 3.63) is 22.7 Å². The Bertz CT molecular complexity index is 691. The molecular weight excluding hydrogens is 331 g/mol. The number of benzene rings is 1. The zero-order valence-corrected chi connectivity index (χ0v) is 14.0. The average Bonchev–Trinajstić information content (AvgIpc) is 2.38. The van der Waals surface area contributed by atoms with Gasteiger partial charge in [0.15, 0.2) is 11.5 Å². The van der Waals surface area contributed by atoms with Gasteiger partial charge in [0.1, 0.15) is 5.60 Å². The highest BCUT2D eigenvalue weighted by molar-refractivity contribution is 6.55. The molecule has 1 aliphatic heterocycles. The van der Waals surface area contributed by atoms with Crippen LogP contribution in [0.4, 0.5) is 0 Å². The average molecular weight is 345 g/mol. The van der Waals surface area contributed by atoms with Gasteiger partial charge in [-0.3, -0.25) is 9.59 Å². The number of rotatable bonds is 2. The lowest BCUT2D eigenvalue weighted by Crippen LogP contribution is -2.32. The Hall–Kier alpha value is -1.72. The summed E-state index contributed by atoms with van der Waals surface area (Å²) in [6.07, 6.45) is 0. The van der Waals surface area contributed by atoms with Crippen molar-refractivity contribution >= 4 is 40.2 Å². The Morgan fingerprint density at radius 2 is 1.68 bits per heavy atom. The van der Waals surface area contributed by atoms with Gasteiger partial charge in [0.2, 0.25) is 5.75 Å². The van der Waals surface area contributed by atoms with Crippen molar-refractivity contribution in [2.45, 2.75) is 33.3 Å². The molecule has 0 fully saturated rings. The molecule has 0 atom stereocenters. The molecule has 1 aliphatic rings. The minimum atomic E-state index is -0.907. The molecular formula is C15H14Cl2O5. The van der Waals surface area contributed by atoms with Gasteiger partial charge in [0.25, 0.3) is 0 Å². The highest BCUT2D eigenvalue weighted by Crippen LogP contribution is 2.51. The predicted molar refractivity (Wildman–Crippen MR) is 82.4 cm³/mol. The molecule has 2 rings (SSSR count). The fourth-order valence-electron chi connectivity index (χ4n) is 1.98. The normalized spacial score (nSPS) is 15.7. The molecule has 1 aromatic rings. The second kappa shape index (κ2) is 5.82. The van der Waals surface area contributed by atoms with E-state index >= 15 is 0 Å². The van der Waals surface area contributed by atoms with Crippen LogP contribution in [0.3, 0.4) is 0 Å². The van der Waals surface area contributed by atoms with Crippen molar-refractivity contribution in [2.24, 2.45) is 0 Å². The molecule has 22 heavy (non-hydrogen) atoms. The van der Waals surface area contributed by atoms with Crippen LogP contribution in [0.1, 0.15) is 33.3 Å². The lowest BCUT2D eigenvalue weighted by molar-refractivity contribution is -0.134. The molecule has 1 heterocycles. The molecule has 0 amide bonds. The van der Waals surface area contributed by atoms with E-state index in [0.29, 0.717) is 10.6 Å². The molecule has 0 saturated heterocycles. The van der Waals surface area contributed by atoms with Crippen LogP contribution in [0, 0.1) is 0 Å². The minimum Gasteiger partial charge on any atom is -0.477 e. The van der Waals surface area contributed by atoms with Gasteiger partial charge in [-0.15, -0.1) is 0 Å². The van der Waals surface area contributed by atoms with Crippen molar-refractivity contribution in [3.63, 3.8) is 0 Å². The van der Waals surface area contributed by atoms with Crippen LogP contribution in [0.2, 0.25) is 0 Å². The van der Waals surface area contributed by atoms with Crippen LogP contribution >= 0.6 is 23.2 Å². The monoisotopic (exact) mass is 344 g/mol. The molecule has 5 nitrogen and oxygen atoms in total. The van der Waals surface area contributed by atoms with Crippen LogP contribution in [0.25, 0.3) is 5.03 Å². The topological polar surface area (TPSA) is 61.8 Å². The second-order valence-electron chi connectivity index (χ2n) is 5.20. The third-order valence-corrected chi connectivity index (χ3v) is 4.02. The van der Waals surface area contributed by atoms with Gasteiger partial charge in [-0.05, 0) is 26.0 Å². The third kappa shape index (κ3) is 3.05. The van der Waals surface area contributed by atoms with Crippen LogP contribution in [-0.4, -0.2) is 17.5 Å². The van der Waals surface area contributed by atoms with E-state index in [9.17, 15) is 9.59 Å². The third-order valence-electron chi connectivity index (χ3n) is 2.89. The lowest BCUT2D eigenvalue weighted by atomic mass is 10.0. The van der Waals surface area contributed by atoms with Crippen LogP contribution in [0.5, 0.6) is 17.2 Å². The van der Waals surface area contributed by atoms with Gasteiger partial charge in [-0.25, -0.2) is 0 Å². The van der Waals surface area contributed by atoms with E-state index < -0.39 is 17.5 Å². The van der Waals surface area contributed by atoms with E-state index in [0.717, 1.165) is 0 Å². The first-order valence-corrected chi connectivity index (χ1v) is 7.18. The van der Waals surface area contributed by atoms with Crippen LogP contribution in [0.15, 0.2) is 17.2 Å². The van der Waals surface area contributed by atoms with Gasteiger partial charge in [-0.1, -0.05) is 23.2 Å². The number of esters is 2. The molecule has 0 unspecified atom stereocenters. The number of carbonyl (C=O) groups excluding carboxylic acids is 2. The SMILES string of the molecule is CC(=O)Oc1ccc2c(c1OC(C)=O)OC(C)(C)C(Cl)=C2Cl. The Morgan fingerprint density at radius 3 is 2.23 bits per heavy atom. The maximum atomic E-state index is 11.4. The van der Waals surface area contributed by atoms with Gasteiger partial charge < -0.3 is 14.2 Å². The molecule has 0 spiro atoms. The number of carbonyl (C=O) groups is 2. The summed E-state index contributed by atoms with van der Waals surface area (Å²) < 4.78 is 16.0. The Balaban J connectivity index is 2.68. The maximum absolute atomic E-state index is 11.4. The van der Waals surface area contributed by atoms with Gasteiger partial charge in [0, 0.05) is 19.4 Å². The smallest absolute Gasteiger partial charge is 0.308 e. The Morgan fingerprint density at radius 1 is 1.09 bits per heavy atom. The summed E-state index contributed by atoms with van der Waals surface area (Å²) in [5.74, 6) is -0.869. The van der Waals surface area contributed by atoms with E-state index in [1.54, 1.807) is 19.9 Å². The molecule has 0 aromatic heterocycles. The number of fused-ring (bicyclic) bond motifs is 1. The second-order valence-corrected chi connectivity index (χ2v) is 5.95. The van der Waals surface area contributed by atoms with E-state index in [-0.39, 0.29) is 22.3 Å². The number of halogens is 2. The molecule has 0 N–H and O–H groups in total. The first kappa shape index (κ1) is 16.6. The molecule has 0 aliphatic carbocycles. The van der Waals surface area contributed by atoms with Gasteiger partial charge >= 0.3 is 11.9 Å². The quantitative estimate of drug-likeness (QED) is 0.602. The van der Waals surface area contributed by atoms with Crippen LogP contribution < -0.4 is 14.2 Å². The largest absolute Gasteiger partial charge is 0.477 e. The standard InChI is InChI=1S/C15H14Cl2O5/c1-7(18)20-10-6-5-9-11(16)14(17)15(3,4)22-12(9)13(10)21-8(2)19/h5-6H,1-4H3. The highest BCUT2D eigenvalue weighted by atomic mass is 35.5. The molecule has 0 bridgehead atoms. The summed E-state index contributed by atoms with van der Waals surface area (Å²) in [6, 6.07) is 3.05. The number of ether oxygens (including phenoxy) is 3. The van der Waals surface area contributed by atoms with E-state index in [4.69, 9.17) is 37.4 Å². The first-order valence-electron chi connectivity index (χ1n) is 6.42. The van der Waals surface area contributed by atoms with Gasteiger partial charge in [-0.2, -0.15) is 0 Å². The predicted octanol–water partition coefficient (Wildman–Crippen LogP) is 3.85. The van der Waals surface area contributed by atoms with E-state index in [2.05, 4.69) is 0 Å².